The summed E-state index contributed by atoms with van der Waals surface area (Å²) in [6.45, 7) is 0.732. The van der Waals surface area contributed by atoms with E-state index in [2.05, 4.69) is 15.9 Å². The number of piperazine rings is 1. The highest BCUT2D eigenvalue weighted by atomic mass is 79.9. The molecule has 0 bridgehead atoms. The van der Waals surface area contributed by atoms with Crippen molar-refractivity contribution in [3.8, 4) is 0 Å². The first-order valence-electron chi connectivity index (χ1n) is 8.43. The lowest BCUT2D eigenvalue weighted by molar-refractivity contribution is -0.384. The second-order valence-electron chi connectivity index (χ2n) is 6.36. The summed E-state index contributed by atoms with van der Waals surface area (Å²) in [5, 5.41) is 11.3. The van der Waals surface area contributed by atoms with E-state index in [1.54, 1.807) is 4.90 Å². The van der Waals surface area contributed by atoms with Crippen LogP contribution >= 0.6 is 15.9 Å². The normalized spacial score (nSPS) is 14.8. The summed E-state index contributed by atoms with van der Waals surface area (Å²) in [7, 11) is 0. The summed E-state index contributed by atoms with van der Waals surface area (Å²) >= 11 is 3.20. The molecule has 1 fully saturated rings. The molecule has 0 radical (unpaired) electrons. The van der Waals surface area contributed by atoms with Crippen LogP contribution < -0.4 is 4.90 Å². The van der Waals surface area contributed by atoms with Gasteiger partial charge in [-0.2, -0.15) is 13.2 Å². The lowest BCUT2D eigenvalue weighted by Gasteiger charge is -2.36. The summed E-state index contributed by atoms with van der Waals surface area (Å²) < 4.78 is 52.5. The molecule has 1 amide bonds. The second kappa shape index (κ2) is 7.97. The maximum absolute atomic E-state index is 13.5. The third-order valence-corrected chi connectivity index (χ3v) is 5.26. The van der Waals surface area contributed by atoms with Crippen LogP contribution in [0.25, 0.3) is 0 Å². The molecule has 3 rings (SSSR count). The number of hydrogen-bond acceptors (Lipinski definition) is 4. The quantitative estimate of drug-likeness (QED) is 0.373. The van der Waals surface area contributed by atoms with Gasteiger partial charge in [0.2, 0.25) is 0 Å². The van der Waals surface area contributed by atoms with Crippen LogP contribution in [0.1, 0.15) is 15.9 Å². The highest BCUT2D eigenvalue weighted by Gasteiger charge is 2.34. The predicted octanol–water partition coefficient (Wildman–Crippen LogP) is 4.48. The summed E-state index contributed by atoms with van der Waals surface area (Å²) in [4.78, 5) is 26.1. The highest BCUT2D eigenvalue weighted by molar-refractivity contribution is 9.10. The molecule has 1 aliphatic heterocycles. The predicted molar refractivity (Wildman–Crippen MR) is 100 cm³/mol. The third-order valence-electron chi connectivity index (χ3n) is 4.57. The van der Waals surface area contributed by atoms with E-state index in [4.69, 9.17) is 0 Å². The molecule has 2 aromatic carbocycles. The Morgan fingerprint density at radius 2 is 1.72 bits per heavy atom. The van der Waals surface area contributed by atoms with Crippen LogP contribution in [0.3, 0.4) is 0 Å². The van der Waals surface area contributed by atoms with Crippen LogP contribution in [-0.4, -0.2) is 41.9 Å². The van der Waals surface area contributed by atoms with E-state index in [0.717, 1.165) is 18.2 Å². The van der Waals surface area contributed by atoms with Gasteiger partial charge in [-0.25, -0.2) is 4.39 Å². The average Bonchev–Trinajstić information content (AvgIpc) is 2.68. The van der Waals surface area contributed by atoms with Gasteiger partial charge in [0.05, 0.1) is 16.1 Å². The van der Waals surface area contributed by atoms with E-state index < -0.39 is 34.1 Å². The van der Waals surface area contributed by atoms with Crippen molar-refractivity contribution in [2.24, 2.45) is 0 Å². The zero-order valence-electron chi connectivity index (χ0n) is 14.7. The number of hydrogen-bond donors (Lipinski definition) is 0. The molecular weight excluding hydrogens is 462 g/mol. The van der Waals surface area contributed by atoms with Gasteiger partial charge in [-0.15, -0.1) is 0 Å². The van der Waals surface area contributed by atoms with Crippen molar-refractivity contribution in [2.45, 2.75) is 6.18 Å². The van der Waals surface area contributed by atoms with E-state index in [-0.39, 0.29) is 37.4 Å². The number of carbonyl (C=O) groups excluding carboxylic acids is 1. The Morgan fingerprint density at radius 3 is 2.31 bits per heavy atom. The van der Waals surface area contributed by atoms with E-state index in [9.17, 15) is 32.5 Å². The van der Waals surface area contributed by atoms with Gasteiger partial charge in [0, 0.05) is 36.7 Å². The maximum Gasteiger partial charge on any atom is 0.416 e. The largest absolute Gasteiger partial charge is 0.416 e. The number of carbonyl (C=O) groups is 1. The monoisotopic (exact) mass is 475 g/mol. The molecule has 154 valence electrons. The molecule has 1 saturated heterocycles. The molecule has 0 atom stereocenters. The van der Waals surface area contributed by atoms with Crippen molar-refractivity contribution >= 4 is 33.2 Å². The molecule has 1 aliphatic rings. The number of benzene rings is 2. The lowest BCUT2D eigenvalue weighted by Crippen LogP contribution is -2.49. The Morgan fingerprint density at radius 1 is 1.07 bits per heavy atom. The first-order valence-corrected chi connectivity index (χ1v) is 9.22. The molecule has 0 saturated carbocycles. The van der Waals surface area contributed by atoms with Gasteiger partial charge in [0.25, 0.3) is 11.6 Å². The molecule has 0 spiro atoms. The highest BCUT2D eigenvalue weighted by Crippen LogP contribution is 2.36. The number of amides is 1. The summed E-state index contributed by atoms with van der Waals surface area (Å²) in [6, 6.07) is 6.12. The fourth-order valence-electron chi connectivity index (χ4n) is 3.10. The van der Waals surface area contributed by atoms with Gasteiger partial charge in [-0.1, -0.05) is 0 Å². The number of anilines is 1. The second-order valence-corrected chi connectivity index (χ2v) is 7.22. The topological polar surface area (TPSA) is 66.7 Å². The average molecular weight is 476 g/mol. The standard InChI is InChI=1S/C18H14BrF4N3O3/c19-14-3-2-12(20)10-13(14)17(27)25-7-5-24(6-8-25)15-4-1-11(18(21,22)23)9-16(15)26(28)29/h1-4,9-10H,5-8H2. The number of alkyl halides is 3. The van der Waals surface area contributed by atoms with Gasteiger partial charge in [-0.05, 0) is 46.3 Å². The van der Waals surface area contributed by atoms with Crippen molar-refractivity contribution in [2.75, 3.05) is 31.1 Å². The Hall–Kier alpha value is -2.69. The molecule has 0 unspecified atom stereocenters. The number of nitro benzene ring substituents is 1. The number of nitro groups is 1. The minimum absolute atomic E-state index is 0.0574. The Labute approximate surface area is 171 Å². The summed E-state index contributed by atoms with van der Waals surface area (Å²) in [6.07, 6.45) is -4.69. The molecule has 0 aromatic heterocycles. The zero-order valence-corrected chi connectivity index (χ0v) is 16.3. The van der Waals surface area contributed by atoms with Crippen LogP contribution in [0.4, 0.5) is 28.9 Å². The van der Waals surface area contributed by atoms with Gasteiger partial charge in [-0.3, -0.25) is 14.9 Å². The van der Waals surface area contributed by atoms with Gasteiger partial charge < -0.3 is 9.80 Å². The van der Waals surface area contributed by atoms with Crippen molar-refractivity contribution in [3.05, 3.63) is 67.9 Å². The Balaban J connectivity index is 1.78. The van der Waals surface area contributed by atoms with Crippen LogP contribution in [0, 0.1) is 15.9 Å². The third kappa shape index (κ3) is 4.50. The minimum Gasteiger partial charge on any atom is -0.362 e. The fraction of sp³-hybridized carbons (Fsp3) is 0.278. The van der Waals surface area contributed by atoms with Crippen LogP contribution in [0.5, 0.6) is 0 Å². The molecule has 2 aromatic rings. The van der Waals surface area contributed by atoms with Crippen LogP contribution in [-0.2, 0) is 6.18 Å². The lowest BCUT2D eigenvalue weighted by atomic mass is 10.1. The first kappa shape index (κ1) is 21.0. The van der Waals surface area contributed by atoms with Crippen molar-refractivity contribution in [1.82, 2.24) is 4.90 Å². The van der Waals surface area contributed by atoms with E-state index in [0.29, 0.717) is 10.5 Å². The number of rotatable bonds is 3. The SMILES string of the molecule is O=C(c1cc(F)ccc1Br)N1CCN(c2ccc(C(F)(F)F)cc2[N+](=O)[O-])CC1. The summed E-state index contributed by atoms with van der Waals surface area (Å²) in [5.41, 5.74) is -1.54. The molecule has 29 heavy (non-hydrogen) atoms. The van der Waals surface area contributed by atoms with E-state index >= 15 is 0 Å². The molecule has 0 N–H and O–H groups in total. The minimum atomic E-state index is -4.69. The van der Waals surface area contributed by atoms with Crippen molar-refractivity contribution in [3.63, 3.8) is 0 Å². The number of nitrogens with zero attached hydrogens (tertiary/aromatic N) is 3. The molecule has 0 aliphatic carbocycles. The molecule has 1 heterocycles. The zero-order chi connectivity index (χ0) is 21.3. The van der Waals surface area contributed by atoms with Crippen molar-refractivity contribution in [1.29, 1.82) is 0 Å². The number of halogens is 5. The molecule has 11 heteroatoms. The molecular formula is C18H14BrF4N3O3. The summed E-state index contributed by atoms with van der Waals surface area (Å²) in [5.74, 6) is -0.964. The Kier molecular flexibility index (Phi) is 5.78. The molecule has 6 nitrogen and oxygen atoms in total. The fourth-order valence-corrected chi connectivity index (χ4v) is 3.51. The smallest absolute Gasteiger partial charge is 0.362 e. The first-order chi connectivity index (χ1) is 13.6. The Bertz CT molecular complexity index is 960. The maximum atomic E-state index is 13.5. The van der Waals surface area contributed by atoms with E-state index in [1.165, 1.54) is 17.0 Å². The van der Waals surface area contributed by atoms with Crippen molar-refractivity contribution < 1.29 is 27.3 Å². The van der Waals surface area contributed by atoms with E-state index in [1.807, 2.05) is 0 Å². The van der Waals surface area contributed by atoms with Gasteiger partial charge in [0.15, 0.2) is 0 Å². The van der Waals surface area contributed by atoms with Gasteiger partial charge in [0.1, 0.15) is 11.5 Å². The van der Waals surface area contributed by atoms with Crippen LogP contribution in [0.15, 0.2) is 40.9 Å². The van der Waals surface area contributed by atoms with Crippen LogP contribution in [0.2, 0.25) is 0 Å². The van der Waals surface area contributed by atoms with Gasteiger partial charge >= 0.3 is 6.18 Å².